The number of aryl methyl sites for hydroxylation is 1. The highest BCUT2D eigenvalue weighted by atomic mass is 15.0. The molecule has 0 aliphatic rings. The van der Waals surface area contributed by atoms with Crippen LogP contribution >= 0.6 is 0 Å². The lowest BCUT2D eigenvalue weighted by atomic mass is 10.1. The van der Waals surface area contributed by atoms with Gasteiger partial charge >= 0.3 is 0 Å². The van der Waals surface area contributed by atoms with Gasteiger partial charge in [0.15, 0.2) is 0 Å². The summed E-state index contributed by atoms with van der Waals surface area (Å²) in [4.78, 5) is 0. The predicted octanol–water partition coefficient (Wildman–Crippen LogP) is 4.72. The number of nitrogens with one attached hydrogen (secondary N) is 1. The van der Waals surface area contributed by atoms with Crippen LogP contribution in [0.5, 0.6) is 0 Å². The molecule has 2 heteroatoms. The Balaban J connectivity index is 2.17. The van der Waals surface area contributed by atoms with Crippen molar-refractivity contribution in [1.82, 2.24) is 9.88 Å². The quantitative estimate of drug-likeness (QED) is 0.753. The van der Waals surface area contributed by atoms with Gasteiger partial charge in [0.2, 0.25) is 0 Å². The minimum absolute atomic E-state index is 0.159. The maximum Gasteiger partial charge on any atom is 0.0483 e. The molecule has 0 radical (unpaired) electrons. The number of benzene rings is 1. The van der Waals surface area contributed by atoms with Crippen molar-refractivity contribution in [3.05, 3.63) is 36.0 Å². The zero-order valence-corrected chi connectivity index (χ0v) is 13.4. The molecule has 2 aromatic rings. The second kappa shape index (κ2) is 6.45. The predicted molar refractivity (Wildman–Crippen MR) is 88.1 cm³/mol. The Morgan fingerprint density at radius 2 is 1.90 bits per heavy atom. The van der Waals surface area contributed by atoms with Crippen LogP contribution in [0.2, 0.25) is 0 Å². The van der Waals surface area contributed by atoms with Gasteiger partial charge in [-0.25, -0.2) is 0 Å². The topological polar surface area (TPSA) is 17.0 Å². The van der Waals surface area contributed by atoms with Crippen molar-refractivity contribution in [2.45, 2.75) is 65.6 Å². The van der Waals surface area contributed by atoms with Gasteiger partial charge in [-0.1, -0.05) is 31.9 Å². The van der Waals surface area contributed by atoms with Crippen LogP contribution in [0.25, 0.3) is 10.9 Å². The van der Waals surface area contributed by atoms with Gasteiger partial charge in [0.05, 0.1) is 0 Å². The van der Waals surface area contributed by atoms with E-state index in [1.807, 2.05) is 0 Å². The molecule has 0 amide bonds. The molecule has 0 atom stereocenters. The summed E-state index contributed by atoms with van der Waals surface area (Å²) in [5.74, 6) is 0. The molecule has 0 fully saturated rings. The lowest BCUT2D eigenvalue weighted by Gasteiger charge is -2.21. The number of aromatic nitrogens is 1. The third-order valence-electron chi connectivity index (χ3n) is 3.72. The van der Waals surface area contributed by atoms with Gasteiger partial charge in [-0.2, -0.15) is 0 Å². The number of hydrogen-bond acceptors (Lipinski definition) is 1. The van der Waals surface area contributed by atoms with Crippen molar-refractivity contribution in [2.75, 3.05) is 0 Å². The standard InChI is InChI=1S/C18H28N2/c1-5-6-7-12-20-13-11-16-15(9-8-10-17(16)20)14-19-18(2,3)4/h8-11,13,19H,5-7,12,14H2,1-4H3. The van der Waals surface area contributed by atoms with E-state index in [9.17, 15) is 0 Å². The van der Waals surface area contributed by atoms with E-state index in [1.54, 1.807) is 0 Å². The lowest BCUT2D eigenvalue weighted by molar-refractivity contribution is 0.425. The Hall–Kier alpha value is -1.28. The molecule has 0 saturated heterocycles. The van der Waals surface area contributed by atoms with E-state index < -0.39 is 0 Å². The number of nitrogens with zero attached hydrogens (tertiary/aromatic N) is 1. The normalized spacial score (nSPS) is 12.2. The highest BCUT2D eigenvalue weighted by molar-refractivity contribution is 5.83. The van der Waals surface area contributed by atoms with Crippen molar-refractivity contribution in [2.24, 2.45) is 0 Å². The molecule has 1 N–H and O–H groups in total. The van der Waals surface area contributed by atoms with E-state index >= 15 is 0 Å². The summed E-state index contributed by atoms with van der Waals surface area (Å²) in [7, 11) is 0. The van der Waals surface area contributed by atoms with Gasteiger partial charge in [0.25, 0.3) is 0 Å². The summed E-state index contributed by atoms with van der Waals surface area (Å²) < 4.78 is 2.39. The number of hydrogen-bond donors (Lipinski definition) is 1. The Bertz CT molecular complexity index is 546. The summed E-state index contributed by atoms with van der Waals surface area (Å²) >= 11 is 0. The van der Waals surface area contributed by atoms with E-state index in [1.165, 1.54) is 35.7 Å². The van der Waals surface area contributed by atoms with E-state index in [4.69, 9.17) is 0 Å². The van der Waals surface area contributed by atoms with E-state index in [-0.39, 0.29) is 5.54 Å². The molecule has 0 bridgehead atoms. The van der Waals surface area contributed by atoms with Crippen molar-refractivity contribution in [3.8, 4) is 0 Å². The molecule has 20 heavy (non-hydrogen) atoms. The van der Waals surface area contributed by atoms with Gasteiger partial charge < -0.3 is 9.88 Å². The highest BCUT2D eigenvalue weighted by Gasteiger charge is 2.10. The Kier molecular flexibility index (Phi) is 4.87. The van der Waals surface area contributed by atoms with Gasteiger partial charge in [0, 0.05) is 35.7 Å². The minimum atomic E-state index is 0.159. The summed E-state index contributed by atoms with van der Waals surface area (Å²) in [6.07, 6.45) is 6.09. The van der Waals surface area contributed by atoms with Crippen LogP contribution < -0.4 is 5.32 Å². The second-order valence-corrected chi connectivity index (χ2v) is 6.67. The fraction of sp³-hybridized carbons (Fsp3) is 0.556. The maximum atomic E-state index is 3.58. The Morgan fingerprint density at radius 1 is 1.10 bits per heavy atom. The fourth-order valence-electron chi connectivity index (χ4n) is 2.53. The lowest BCUT2D eigenvalue weighted by Crippen LogP contribution is -2.35. The zero-order chi connectivity index (χ0) is 14.6. The van der Waals surface area contributed by atoms with Crippen LogP contribution in [0.4, 0.5) is 0 Å². The van der Waals surface area contributed by atoms with Gasteiger partial charge in [-0.15, -0.1) is 0 Å². The minimum Gasteiger partial charge on any atom is -0.347 e. The van der Waals surface area contributed by atoms with Crippen molar-refractivity contribution >= 4 is 10.9 Å². The molecule has 0 spiro atoms. The van der Waals surface area contributed by atoms with Crippen LogP contribution in [-0.4, -0.2) is 10.1 Å². The van der Waals surface area contributed by atoms with Crippen molar-refractivity contribution in [3.63, 3.8) is 0 Å². The molecular formula is C18H28N2. The van der Waals surface area contributed by atoms with Gasteiger partial charge in [-0.3, -0.25) is 0 Å². The van der Waals surface area contributed by atoms with E-state index in [2.05, 4.69) is 68.0 Å². The second-order valence-electron chi connectivity index (χ2n) is 6.67. The first kappa shape index (κ1) is 15.1. The fourth-order valence-corrected chi connectivity index (χ4v) is 2.53. The monoisotopic (exact) mass is 272 g/mol. The van der Waals surface area contributed by atoms with Crippen molar-refractivity contribution < 1.29 is 0 Å². The molecule has 0 unspecified atom stereocenters. The Labute approximate surface area is 123 Å². The molecule has 2 nitrogen and oxygen atoms in total. The maximum absolute atomic E-state index is 3.58. The molecular weight excluding hydrogens is 244 g/mol. The van der Waals surface area contributed by atoms with E-state index in [0.29, 0.717) is 0 Å². The third-order valence-corrected chi connectivity index (χ3v) is 3.72. The number of unbranched alkanes of at least 4 members (excludes halogenated alkanes) is 2. The summed E-state index contributed by atoms with van der Waals surface area (Å²) in [6, 6.07) is 8.92. The SMILES string of the molecule is CCCCCn1ccc2c(CNC(C)(C)C)cccc21. The van der Waals surface area contributed by atoms with Crippen LogP contribution in [0.1, 0.15) is 52.5 Å². The largest absolute Gasteiger partial charge is 0.347 e. The molecule has 1 aromatic carbocycles. The summed E-state index contributed by atoms with van der Waals surface area (Å²) in [5, 5.41) is 4.97. The molecule has 0 aliphatic heterocycles. The average molecular weight is 272 g/mol. The molecule has 1 heterocycles. The van der Waals surface area contributed by atoms with Crippen LogP contribution in [0.15, 0.2) is 30.5 Å². The number of rotatable bonds is 6. The molecule has 0 saturated carbocycles. The van der Waals surface area contributed by atoms with Gasteiger partial charge in [-0.05, 0) is 44.9 Å². The summed E-state index contributed by atoms with van der Waals surface area (Å²) in [6.45, 7) is 11.0. The highest BCUT2D eigenvalue weighted by Crippen LogP contribution is 2.21. The first-order chi connectivity index (χ1) is 9.51. The zero-order valence-electron chi connectivity index (χ0n) is 13.4. The smallest absolute Gasteiger partial charge is 0.0483 e. The van der Waals surface area contributed by atoms with E-state index in [0.717, 1.165) is 13.1 Å². The first-order valence-corrected chi connectivity index (χ1v) is 7.83. The molecule has 110 valence electrons. The van der Waals surface area contributed by atoms with Crippen molar-refractivity contribution in [1.29, 1.82) is 0 Å². The first-order valence-electron chi connectivity index (χ1n) is 7.83. The van der Waals surface area contributed by atoms with Crippen LogP contribution in [-0.2, 0) is 13.1 Å². The third kappa shape index (κ3) is 3.86. The van der Waals surface area contributed by atoms with Gasteiger partial charge in [0.1, 0.15) is 0 Å². The average Bonchev–Trinajstić information content (AvgIpc) is 2.80. The summed E-state index contributed by atoms with van der Waals surface area (Å²) in [5.41, 5.74) is 2.92. The van der Waals surface area contributed by atoms with Crippen LogP contribution in [0.3, 0.4) is 0 Å². The molecule has 2 rings (SSSR count). The number of fused-ring (bicyclic) bond motifs is 1. The molecule has 1 aromatic heterocycles. The Morgan fingerprint density at radius 3 is 2.60 bits per heavy atom. The van der Waals surface area contributed by atoms with Crippen LogP contribution in [0, 0.1) is 0 Å². The molecule has 0 aliphatic carbocycles.